The lowest BCUT2D eigenvalue weighted by atomic mass is 9.93. The summed E-state index contributed by atoms with van der Waals surface area (Å²) in [6.45, 7) is 1.16. The van der Waals surface area contributed by atoms with Crippen molar-refractivity contribution in [1.82, 2.24) is 5.32 Å². The monoisotopic (exact) mass is 387 g/mol. The highest BCUT2D eigenvalue weighted by molar-refractivity contribution is 14.1. The fourth-order valence-corrected chi connectivity index (χ4v) is 5.39. The van der Waals surface area contributed by atoms with Gasteiger partial charge in [-0.05, 0) is 92.1 Å². The van der Waals surface area contributed by atoms with Crippen LogP contribution in [-0.2, 0) is 6.42 Å². The van der Waals surface area contributed by atoms with E-state index in [2.05, 4.69) is 40.1 Å². The molecule has 1 N–H and O–H groups in total. The quantitative estimate of drug-likeness (QED) is 0.553. The topological polar surface area (TPSA) is 12.0 Å². The van der Waals surface area contributed by atoms with Crippen LogP contribution < -0.4 is 5.32 Å². The Morgan fingerprint density at radius 1 is 1.26 bits per heavy atom. The molecule has 1 atom stereocenters. The summed E-state index contributed by atoms with van der Waals surface area (Å²) in [5.74, 6) is 0. The molecule has 1 aromatic rings. The van der Waals surface area contributed by atoms with Crippen molar-refractivity contribution in [2.45, 2.75) is 57.4 Å². The van der Waals surface area contributed by atoms with Crippen molar-refractivity contribution in [3.05, 3.63) is 31.0 Å². The van der Waals surface area contributed by atoms with E-state index in [1.807, 2.05) is 11.3 Å². The second-order valence-corrected chi connectivity index (χ2v) is 8.72. The smallest absolute Gasteiger partial charge is 0.0659 e. The van der Waals surface area contributed by atoms with Crippen LogP contribution in [0.2, 0.25) is 0 Å². The summed E-state index contributed by atoms with van der Waals surface area (Å²) in [7, 11) is 0. The highest BCUT2D eigenvalue weighted by Crippen LogP contribution is 2.36. The highest BCUT2D eigenvalue weighted by atomic mass is 127. The first-order chi connectivity index (χ1) is 9.33. The molecule has 0 amide bonds. The second-order valence-electron chi connectivity index (χ2n) is 5.69. The van der Waals surface area contributed by atoms with Crippen molar-refractivity contribution in [3.8, 4) is 0 Å². The number of hydrogen-bond acceptors (Lipinski definition) is 2. The summed E-state index contributed by atoms with van der Waals surface area (Å²) in [5, 5.41) is 3.80. The third-order valence-electron chi connectivity index (χ3n) is 4.31. The lowest BCUT2D eigenvalue weighted by Gasteiger charge is -2.24. The maximum Gasteiger partial charge on any atom is 0.0659 e. The van der Waals surface area contributed by atoms with Crippen molar-refractivity contribution < 1.29 is 0 Å². The van der Waals surface area contributed by atoms with Crippen LogP contribution in [0.25, 0.3) is 0 Å². The van der Waals surface area contributed by atoms with E-state index >= 15 is 0 Å². The lowest BCUT2D eigenvalue weighted by Crippen LogP contribution is -2.25. The molecule has 3 heteroatoms. The molecule has 0 spiro atoms. The van der Waals surface area contributed by atoms with Gasteiger partial charge in [-0.1, -0.05) is 11.6 Å². The SMILES string of the molecule is Ic1cc2c(s1)CCCC2NCCC1=CCCCC1. The van der Waals surface area contributed by atoms with E-state index < -0.39 is 0 Å². The van der Waals surface area contributed by atoms with Gasteiger partial charge in [0.1, 0.15) is 0 Å². The molecule has 0 saturated carbocycles. The third kappa shape index (κ3) is 3.61. The van der Waals surface area contributed by atoms with Crippen LogP contribution in [0.5, 0.6) is 0 Å². The van der Waals surface area contributed by atoms with Crippen LogP contribution in [-0.4, -0.2) is 6.54 Å². The van der Waals surface area contributed by atoms with Crippen LogP contribution in [0.1, 0.15) is 61.4 Å². The molecule has 104 valence electrons. The Hall–Kier alpha value is 0.130. The summed E-state index contributed by atoms with van der Waals surface area (Å²) in [6.07, 6.45) is 13.2. The van der Waals surface area contributed by atoms with Gasteiger partial charge in [-0.15, -0.1) is 11.3 Å². The molecule has 1 unspecified atom stereocenters. The van der Waals surface area contributed by atoms with Crippen LogP contribution in [0.15, 0.2) is 17.7 Å². The van der Waals surface area contributed by atoms with Gasteiger partial charge in [0.05, 0.1) is 2.88 Å². The van der Waals surface area contributed by atoms with Crippen LogP contribution >= 0.6 is 33.9 Å². The third-order valence-corrected chi connectivity index (χ3v) is 6.28. The average Bonchev–Trinajstić information content (AvgIpc) is 2.81. The molecule has 0 aromatic carbocycles. The normalized spacial score (nSPS) is 23.0. The van der Waals surface area contributed by atoms with E-state index in [-0.39, 0.29) is 0 Å². The maximum atomic E-state index is 3.80. The summed E-state index contributed by atoms with van der Waals surface area (Å²) in [6, 6.07) is 3.02. The first-order valence-corrected chi connectivity index (χ1v) is 9.42. The zero-order chi connectivity index (χ0) is 13.1. The Labute approximate surface area is 134 Å². The van der Waals surface area contributed by atoms with Crippen molar-refractivity contribution in [2.24, 2.45) is 0 Å². The average molecular weight is 387 g/mol. The molecule has 0 fully saturated rings. The van der Waals surface area contributed by atoms with Crippen molar-refractivity contribution in [2.75, 3.05) is 6.54 Å². The Kier molecular flexibility index (Phi) is 4.98. The molecule has 2 aliphatic rings. The number of aryl methyl sites for hydroxylation is 1. The van der Waals surface area contributed by atoms with Gasteiger partial charge in [0.15, 0.2) is 0 Å². The molecule has 0 bridgehead atoms. The minimum Gasteiger partial charge on any atom is -0.310 e. The number of nitrogens with one attached hydrogen (secondary N) is 1. The number of thiophene rings is 1. The van der Waals surface area contributed by atoms with E-state index in [0.29, 0.717) is 6.04 Å². The van der Waals surface area contributed by atoms with E-state index in [9.17, 15) is 0 Å². The highest BCUT2D eigenvalue weighted by Gasteiger charge is 2.22. The molecule has 1 nitrogen and oxygen atoms in total. The summed E-state index contributed by atoms with van der Waals surface area (Å²) >= 11 is 4.46. The Morgan fingerprint density at radius 2 is 2.21 bits per heavy atom. The zero-order valence-corrected chi connectivity index (χ0v) is 14.4. The van der Waals surface area contributed by atoms with Gasteiger partial charge >= 0.3 is 0 Å². The number of rotatable bonds is 4. The predicted molar refractivity (Wildman–Crippen MR) is 91.9 cm³/mol. The summed E-state index contributed by atoms with van der Waals surface area (Å²) in [4.78, 5) is 1.63. The summed E-state index contributed by atoms with van der Waals surface area (Å²) in [5.41, 5.74) is 3.29. The van der Waals surface area contributed by atoms with E-state index in [1.54, 1.807) is 16.0 Å². The van der Waals surface area contributed by atoms with E-state index in [0.717, 1.165) is 6.54 Å². The van der Waals surface area contributed by atoms with Gasteiger partial charge < -0.3 is 5.32 Å². The van der Waals surface area contributed by atoms with Gasteiger partial charge in [-0.25, -0.2) is 0 Å². The Balaban J connectivity index is 1.54. The van der Waals surface area contributed by atoms with Gasteiger partial charge in [0, 0.05) is 10.9 Å². The Bertz CT molecular complexity index is 463. The van der Waals surface area contributed by atoms with Gasteiger partial charge in [0.2, 0.25) is 0 Å². The lowest BCUT2D eigenvalue weighted by molar-refractivity contribution is 0.463. The van der Waals surface area contributed by atoms with Crippen molar-refractivity contribution in [1.29, 1.82) is 0 Å². The number of hydrogen-bond donors (Lipinski definition) is 1. The molecule has 0 aliphatic heterocycles. The minimum atomic E-state index is 0.618. The second kappa shape index (κ2) is 6.72. The number of fused-ring (bicyclic) bond motifs is 1. The molecular weight excluding hydrogens is 365 g/mol. The first-order valence-electron chi connectivity index (χ1n) is 7.52. The molecule has 0 radical (unpaired) electrons. The van der Waals surface area contributed by atoms with Crippen molar-refractivity contribution in [3.63, 3.8) is 0 Å². The molecule has 19 heavy (non-hydrogen) atoms. The number of halogens is 1. The fourth-order valence-electron chi connectivity index (χ4n) is 3.27. The van der Waals surface area contributed by atoms with Crippen LogP contribution in [0.4, 0.5) is 0 Å². The molecule has 3 rings (SSSR count). The maximum absolute atomic E-state index is 3.80. The first kappa shape index (κ1) is 14.1. The molecule has 1 aromatic heterocycles. The van der Waals surface area contributed by atoms with Gasteiger partial charge in [0.25, 0.3) is 0 Å². The van der Waals surface area contributed by atoms with E-state index in [4.69, 9.17) is 0 Å². The van der Waals surface area contributed by atoms with E-state index in [1.165, 1.54) is 54.3 Å². The largest absolute Gasteiger partial charge is 0.310 e. The molecular formula is C16H22INS. The Morgan fingerprint density at radius 3 is 3.05 bits per heavy atom. The molecule has 1 heterocycles. The molecule has 2 aliphatic carbocycles. The number of allylic oxidation sites excluding steroid dienone is 1. The summed E-state index contributed by atoms with van der Waals surface area (Å²) < 4.78 is 1.45. The fraction of sp³-hybridized carbons (Fsp3) is 0.625. The van der Waals surface area contributed by atoms with Crippen LogP contribution in [0.3, 0.4) is 0 Å². The van der Waals surface area contributed by atoms with Crippen molar-refractivity contribution >= 4 is 33.9 Å². The minimum absolute atomic E-state index is 0.618. The zero-order valence-electron chi connectivity index (χ0n) is 11.4. The standard InChI is InChI=1S/C16H22INS/c17-16-11-13-14(7-4-8-15(13)19-16)18-10-9-12-5-2-1-3-6-12/h5,11,14,18H,1-4,6-10H2. The predicted octanol–water partition coefficient (Wildman–Crippen LogP) is 5.21. The molecule has 0 saturated heterocycles. The van der Waals surface area contributed by atoms with Gasteiger partial charge in [-0.2, -0.15) is 0 Å². The van der Waals surface area contributed by atoms with Gasteiger partial charge in [-0.3, -0.25) is 0 Å². The van der Waals surface area contributed by atoms with Crippen LogP contribution in [0, 0.1) is 2.88 Å².